The van der Waals surface area contributed by atoms with Gasteiger partial charge in [-0.1, -0.05) is 24.3 Å². The molecule has 1 atom stereocenters. The summed E-state index contributed by atoms with van der Waals surface area (Å²) in [4.78, 5) is 19.9. The number of carboxylic acid groups (broad SMARTS) is 2. The van der Waals surface area contributed by atoms with Gasteiger partial charge in [-0.05, 0) is 35.4 Å². The predicted molar refractivity (Wildman–Crippen MR) is 79.9 cm³/mol. The third kappa shape index (κ3) is 4.80. The zero-order valence-electron chi connectivity index (χ0n) is 12.2. The molecule has 0 spiro atoms. The second kappa shape index (κ2) is 7.28. The Kier molecular flexibility index (Phi) is 5.72. The Morgan fingerprint density at radius 1 is 1.05 bits per heavy atom. The molecule has 5 nitrogen and oxygen atoms in total. The quantitative estimate of drug-likeness (QED) is 0.907. The molecule has 21 heavy (non-hydrogen) atoms. The predicted octanol–water partition coefficient (Wildman–Crippen LogP) is 3.13. The van der Waals surface area contributed by atoms with Crippen molar-refractivity contribution < 1.29 is 24.5 Å². The first-order valence-electron chi connectivity index (χ1n) is 6.35. The van der Waals surface area contributed by atoms with Crippen LogP contribution in [-0.2, 0) is 9.59 Å². The molecular weight excluding hydrogens is 272 g/mol. The van der Waals surface area contributed by atoms with Crippen LogP contribution < -0.4 is 4.74 Å². The van der Waals surface area contributed by atoms with Crippen molar-refractivity contribution in [2.45, 2.75) is 19.8 Å². The molecule has 2 aromatic carbocycles. The van der Waals surface area contributed by atoms with Gasteiger partial charge in [-0.15, -0.1) is 0 Å². The Balaban J connectivity index is 0.000000491. The lowest BCUT2D eigenvalue weighted by Gasteiger charge is -2.08. The Labute approximate surface area is 122 Å². The van der Waals surface area contributed by atoms with Crippen molar-refractivity contribution in [2.24, 2.45) is 0 Å². The van der Waals surface area contributed by atoms with E-state index >= 15 is 0 Å². The van der Waals surface area contributed by atoms with Gasteiger partial charge in [0, 0.05) is 6.92 Å². The molecule has 0 unspecified atom stereocenters. The number of methoxy groups -OCH3 is 1. The van der Waals surface area contributed by atoms with E-state index in [-0.39, 0.29) is 0 Å². The highest BCUT2D eigenvalue weighted by Gasteiger charge is 2.13. The molecule has 0 aliphatic carbocycles. The van der Waals surface area contributed by atoms with Crippen LogP contribution in [0.4, 0.5) is 0 Å². The van der Waals surface area contributed by atoms with Gasteiger partial charge in [-0.25, -0.2) is 0 Å². The van der Waals surface area contributed by atoms with Gasteiger partial charge in [0.2, 0.25) is 0 Å². The summed E-state index contributed by atoms with van der Waals surface area (Å²) in [5.41, 5.74) is 0.815. The lowest BCUT2D eigenvalue weighted by atomic mass is 9.98. The van der Waals surface area contributed by atoms with Crippen molar-refractivity contribution in [3.8, 4) is 5.75 Å². The van der Waals surface area contributed by atoms with Gasteiger partial charge < -0.3 is 14.9 Å². The number of carboxylic acids is 2. The van der Waals surface area contributed by atoms with E-state index in [0.717, 1.165) is 29.0 Å². The number of hydrogen-bond donors (Lipinski definition) is 2. The van der Waals surface area contributed by atoms with E-state index in [9.17, 15) is 4.79 Å². The Hall–Kier alpha value is -2.56. The van der Waals surface area contributed by atoms with Crippen LogP contribution in [0.1, 0.15) is 25.3 Å². The number of hydrogen-bond acceptors (Lipinski definition) is 3. The molecule has 0 aliphatic rings. The third-order valence-electron chi connectivity index (χ3n) is 2.94. The molecule has 0 aromatic heterocycles. The Morgan fingerprint density at radius 3 is 2.10 bits per heavy atom. The molecule has 0 amide bonds. The van der Waals surface area contributed by atoms with E-state index < -0.39 is 17.9 Å². The van der Waals surface area contributed by atoms with Crippen molar-refractivity contribution >= 4 is 22.7 Å². The molecule has 0 heterocycles. The summed E-state index contributed by atoms with van der Waals surface area (Å²) in [6, 6.07) is 11.4. The lowest BCUT2D eigenvalue weighted by molar-refractivity contribution is -0.138. The Morgan fingerprint density at radius 2 is 1.57 bits per heavy atom. The maximum Gasteiger partial charge on any atom is 0.310 e. The van der Waals surface area contributed by atoms with Crippen molar-refractivity contribution in [1.29, 1.82) is 0 Å². The fraction of sp³-hybridized carbons (Fsp3) is 0.250. The van der Waals surface area contributed by atoms with Crippen molar-refractivity contribution in [2.75, 3.05) is 7.11 Å². The van der Waals surface area contributed by atoms with Crippen molar-refractivity contribution in [1.82, 2.24) is 0 Å². The molecule has 0 aliphatic heterocycles. The topological polar surface area (TPSA) is 83.8 Å². The summed E-state index contributed by atoms with van der Waals surface area (Å²) in [7, 11) is 1.63. The van der Waals surface area contributed by atoms with Crippen molar-refractivity contribution in [3.05, 3.63) is 42.0 Å². The summed E-state index contributed by atoms with van der Waals surface area (Å²) in [5.74, 6) is -1.32. The monoisotopic (exact) mass is 290 g/mol. The van der Waals surface area contributed by atoms with Gasteiger partial charge in [-0.3, -0.25) is 9.59 Å². The molecule has 0 saturated heterocycles. The number of rotatable bonds is 3. The van der Waals surface area contributed by atoms with Gasteiger partial charge >= 0.3 is 5.97 Å². The third-order valence-corrected chi connectivity index (χ3v) is 2.94. The SMILES string of the molecule is CC(=O)O.COc1ccc2cc([C@H](C)C(=O)O)ccc2c1. The maximum atomic E-state index is 10.9. The minimum Gasteiger partial charge on any atom is -0.497 e. The van der Waals surface area contributed by atoms with Crippen LogP contribution in [0, 0.1) is 0 Å². The standard InChI is InChI=1S/C14H14O3.C2H4O2/c1-9(14(15)16)10-3-4-12-8-13(17-2)6-5-11(12)7-10;1-2(3)4/h3-9H,1-2H3,(H,15,16);1H3,(H,3,4)/t9-;/m0./s1. The van der Waals surface area contributed by atoms with Crippen LogP contribution in [-0.4, -0.2) is 29.3 Å². The zero-order valence-corrected chi connectivity index (χ0v) is 12.2. The van der Waals surface area contributed by atoms with Gasteiger partial charge in [-0.2, -0.15) is 0 Å². The van der Waals surface area contributed by atoms with Crippen LogP contribution in [0.5, 0.6) is 5.75 Å². The number of fused-ring (bicyclic) bond motifs is 1. The maximum absolute atomic E-state index is 10.9. The molecule has 112 valence electrons. The summed E-state index contributed by atoms with van der Waals surface area (Å²) < 4.78 is 5.14. The van der Waals surface area contributed by atoms with E-state index in [2.05, 4.69) is 0 Å². The highest BCUT2D eigenvalue weighted by molar-refractivity contribution is 5.86. The van der Waals surface area contributed by atoms with Gasteiger partial charge in [0.25, 0.3) is 5.97 Å². The fourth-order valence-electron chi connectivity index (χ4n) is 1.78. The molecule has 2 rings (SSSR count). The van der Waals surface area contributed by atoms with Crippen LogP contribution in [0.3, 0.4) is 0 Å². The normalized spacial score (nSPS) is 11.2. The first-order chi connectivity index (χ1) is 9.85. The molecule has 0 bridgehead atoms. The summed E-state index contributed by atoms with van der Waals surface area (Å²) in [6.45, 7) is 2.77. The Bertz CT molecular complexity index is 644. The number of ether oxygens (including phenoxy) is 1. The van der Waals surface area contributed by atoms with Crippen LogP contribution >= 0.6 is 0 Å². The van der Waals surface area contributed by atoms with Crippen molar-refractivity contribution in [3.63, 3.8) is 0 Å². The second-order valence-electron chi connectivity index (χ2n) is 4.55. The van der Waals surface area contributed by atoms with E-state index in [4.69, 9.17) is 19.7 Å². The first-order valence-corrected chi connectivity index (χ1v) is 6.35. The van der Waals surface area contributed by atoms with Gasteiger partial charge in [0.15, 0.2) is 0 Å². The largest absolute Gasteiger partial charge is 0.497 e. The average molecular weight is 290 g/mol. The molecule has 0 saturated carbocycles. The van der Waals surface area contributed by atoms with E-state index in [1.54, 1.807) is 14.0 Å². The molecule has 2 aromatic rings. The van der Waals surface area contributed by atoms with E-state index in [1.807, 2.05) is 36.4 Å². The van der Waals surface area contributed by atoms with Gasteiger partial charge in [0.05, 0.1) is 13.0 Å². The van der Waals surface area contributed by atoms with Crippen LogP contribution in [0.15, 0.2) is 36.4 Å². The van der Waals surface area contributed by atoms with Crippen LogP contribution in [0.2, 0.25) is 0 Å². The highest BCUT2D eigenvalue weighted by Crippen LogP contribution is 2.25. The molecule has 2 N–H and O–H groups in total. The average Bonchev–Trinajstić information content (AvgIpc) is 2.44. The minimum absolute atomic E-state index is 0.485. The number of benzene rings is 2. The number of aliphatic carboxylic acids is 2. The zero-order chi connectivity index (χ0) is 16.0. The summed E-state index contributed by atoms with van der Waals surface area (Å²) >= 11 is 0. The molecular formula is C16H18O5. The first kappa shape index (κ1) is 16.5. The molecule has 5 heteroatoms. The summed E-state index contributed by atoms with van der Waals surface area (Å²) in [6.07, 6.45) is 0. The highest BCUT2D eigenvalue weighted by atomic mass is 16.5. The van der Waals surface area contributed by atoms with E-state index in [1.165, 1.54) is 0 Å². The molecule has 0 radical (unpaired) electrons. The second-order valence-corrected chi connectivity index (χ2v) is 4.55. The smallest absolute Gasteiger partial charge is 0.310 e. The molecule has 0 fully saturated rings. The summed E-state index contributed by atoms with van der Waals surface area (Å²) in [5, 5.41) is 18.5. The minimum atomic E-state index is -0.833. The van der Waals surface area contributed by atoms with Crippen LogP contribution in [0.25, 0.3) is 10.8 Å². The fourth-order valence-corrected chi connectivity index (χ4v) is 1.78. The number of carbonyl (C=O) groups is 2. The van der Waals surface area contributed by atoms with Gasteiger partial charge in [0.1, 0.15) is 5.75 Å². The van der Waals surface area contributed by atoms with E-state index in [0.29, 0.717) is 0 Å². The lowest BCUT2D eigenvalue weighted by Crippen LogP contribution is -2.06.